The molecule has 0 bridgehead atoms. The fourth-order valence-corrected chi connectivity index (χ4v) is 2.96. The highest BCUT2D eigenvalue weighted by molar-refractivity contribution is 5.44. The largest absolute Gasteiger partial charge is 0.494 e. The summed E-state index contributed by atoms with van der Waals surface area (Å²) in [6, 6.07) is 4.60. The van der Waals surface area contributed by atoms with Gasteiger partial charge in [0.1, 0.15) is 5.75 Å². The van der Waals surface area contributed by atoms with Crippen LogP contribution in [0.15, 0.2) is 12.1 Å². The molecule has 1 aromatic rings. The number of ether oxygens (including phenoxy) is 1. The van der Waals surface area contributed by atoms with Gasteiger partial charge in [0, 0.05) is 32.7 Å². The smallest absolute Gasteiger partial charge is 0.123 e. The van der Waals surface area contributed by atoms with Crippen LogP contribution in [0, 0.1) is 6.92 Å². The molecule has 1 N–H and O–H groups in total. The first-order valence-corrected chi connectivity index (χ1v) is 8.31. The number of nitrogens with zero attached hydrogens (tertiary/aromatic N) is 1. The van der Waals surface area contributed by atoms with Crippen molar-refractivity contribution >= 4 is 0 Å². The lowest BCUT2D eigenvalue weighted by atomic mass is 9.95. The molecule has 0 unspecified atom stereocenters. The SMILES string of the molecule is CCOc1cc(C)c(CCN2CCNCC2)cc1C(C)C. The van der Waals surface area contributed by atoms with Crippen molar-refractivity contribution < 1.29 is 4.74 Å². The van der Waals surface area contributed by atoms with Crippen molar-refractivity contribution in [2.45, 2.75) is 40.0 Å². The second-order valence-electron chi connectivity index (χ2n) is 6.25. The number of benzene rings is 1. The fraction of sp³-hybridized carbons (Fsp3) is 0.667. The minimum Gasteiger partial charge on any atom is -0.494 e. The van der Waals surface area contributed by atoms with Crippen LogP contribution in [-0.2, 0) is 6.42 Å². The van der Waals surface area contributed by atoms with Crippen molar-refractivity contribution in [1.29, 1.82) is 0 Å². The highest BCUT2D eigenvalue weighted by atomic mass is 16.5. The Morgan fingerprint density at radius 1 is 1.24 bits per heavy atom. The maximum atomic E-state index is 5.81. The Kier molecular flexibility index (Phi) is 6.07. The average molecular weight is 290 g/mol. The fourth-order valence-electron chi connectivity index (χ4n) is 2.96. The normalized spacial score (nSPS) is 16.4. The molecule has 0 aliphatic carbocycles. The molecule has 3 nitrogen and oxygen atoms in total. The average Bonchev–Trinajstić information content (AvgIpc) is 2.47. The van der Waals surface area contributed by atoms with Crippen molar-refractivity contribution in [1.82, 2.24) is 10.2 Å². The van der Waals surface area contributed by atoms with Gasteiger partial charge >= 0.3 is 0 Å². The van der Waals surface area contributed by atoms with Gasteiger partial charge < -0.3 is 15.0 Å². The minimum absolute atomic E-state index is 0.505. The van der Waals surface area contributed by atoms with Gasteiger partial charge in [-0.2, -0.15) is 0 Å². The van der Waals surface area contributed by atoms with Gasteiger partial charge in [-0.25, -0.2) is 0 Å². The first-order valence-electron chi connectivity index (χ1n) is 8.31. The monoisotopic (exact) mass is 290 g/mol. The molecular weight excluding hydrogens is 260 g/mol. The second-order valence-corrected chi connectivity index (χ2v) is 6.25. The number of piperazine rings is 1. The molecule has 0 saturated carbocycles. The molecule has 0 radical (unpaired) electrons. The van der Waals surface area contributed by atoms with Gasteiger partial charge in [-0.1, -0.05) is 19.9 Å². The molecular formula is C18H30N2O. The number of hydrogen-bond acceptors (Lipinski definition) is 3. The van der Waals surface area contributed by atoms with E-state index in [1.807, 2.05) is 0 Å². The van der Waals surface area contributed by atoms with Crippen molar-refractivity contribution in [2.75, 3.05) is 39.3 Å². The molecule has 1 saturated heterocycles. The lowest BCUT2D eigenvalue weighted by Gasteiger charge is -2.27. The Morgan fingerprint density at radius 2 is 1.95 bits per heavy atom. The Morgan fingerprint density at radius 3 is 2.57 bits per heavy atom. The van der Waals surface area contributed by atoms with Crippen LogP contribution in [0.1, 0.15) is 43.4 Å². The number of aryl methyl sites for hydroxylation is 1. The zero-order chi connectivity index (χ0) is 15.2. The number of rotatable bonds is 6. The first kappa shape index (κ1) is 16.3. The maximum Gasteiger partial charge on any atom is 0.123 e. The molecule has 0 spiro atoms. The molecule has 1 aliphatic heterocycles. The van der Waals surface area contributed by atoms with Crippen molar-refractivity contribution in [3.8, 4) is 5.75 Å². The van der Waals surface area contributed by atoms with Crippen LogP contribution in [0.2, 0.25) is 0 Å². The van der Waals surface area contributed by atoms with Crippen LogP contribution in [0.4, 0.5) is 0 Å². The molecule has 0 aromatic heterocycles. The van der Waals surface area contributed by atoms with Crippen LogP contribution >= 0.6 is 0 Å². The first-order chi connectivity index (χ1) is 10.1. The molecule has 1 aliphatic rings. The van der Waals surface area contributed by atoms with E-state index >= 15 is 0 Å². The third kappa shape index (κ3) is 4.45. The number of hydrogen-bond donors (Lipinski definition) is 1. The van der Waals surface area contributed by atoms with E-state index in [2.05, 4.69) is 50.0 Å². The molecule has 3 heteroatoms. The van der Waals surface area contributed by atoms with Gasteiger partial charge in [0.05, 0.1) is 6.61 Å². The van der Waals surface area contributed by atoms with Crippen molar-refractivity contribution in [3.05, 3.63) is 28.8 Å². The summed E-state index contributed by atoms with van der Waals surface area (Å²) >= 11 is 0. The molecule has 2 rings (SSSR count). The lowest BCUT2D eigenvalue weighted by molar-refractivity contribution is 0.243. The molecule has 21 heavy (non-hydrogen) atoms. The standard InChI is InChI=1S/C18H30N2O/c1-5-21-18-12-15(4)16(13-17(18)14(2)3)6-9-20-10-7-19-8-11-20/h12-14,19H,5-11H2,1-4H3. The summed E-state index contributed by atoms with van der Waals surface area (Å²) in [5.74, 6) is 1.57. The van der Waals surface area contributed by atoms with E-state index in [9.17, 15) is 0 Å². The molecule has 1 aromatic carbocycles. The Bertz CT molecular complexity index is 451. The topological polar surface area (TPSA) is 24.5 Å². The molecule has 0 atom stereocenters. The van der Waals surface area contributed by atoms with Gasteiger partial charge in [0.25, 0.3) is 0 Å². The van der Waals surface area contributed by atoms with Gasteiger partial charge in [0.15, 0.2) is 0 Å². The van der Waals surface area contributed by atoms with E-state index in [1.165, 1.54) is 29.8 Å². The van der Waals surface area contributed by atoms with Gasteiger partial charge in [-0.05, 0) is 48.9 Å². The summed E-state index contributed by atoms with van der Waals surface area (Å²) in [6.07, 6.45) is 1.14. The second kappa shape index (κ2) is 7.81. The van der Waals surface area contributed by atoms with Gasteiger partial charge in [-0.3, -0.25) is 0 Å². The van der Waals surface area contributed by atoms with Crippen LogP contribution in [0.5, 0.6) is 5.75 Å². The van der Waals surface area contributed by atoms with Crippen molar-refractivity contribution in [2.24, 2.45) is 0 Å². The lowest BCUT2D eigenvalue weighted by Crippen LogP contribution is -2.44. The van der Waals surface area contributed by atoms with Gasteiger partial charge in [0.2, 0.25) is 0 Å². The maximum absolute atomic E-state index is 5.81. The third-order valence-electron chi connectivity index (χ3n) is 4.30. The summed E-state index contributed by atoms with van der Waals surface area (Å²) in [6.45, 7) is 15.2. The molecule has 0 amide bonds. The number of nitrogens with one attached hydrogen (secondary N) is 1. The van der Waals surface area contributed by atoms with Crippen LogP contribution in [0.3, 0.4) is 0 Å². The summed E-state index contributed by atoms with van der Waals surface area (Å²) < 4.78 is 5.81. The third-order valence-corrected chi connectivity index (χ3v) is 4.30. The zero-order valence-electron chi connectivity index (χ0n) is 14.0. The van der Waals surface area contributed by atoms with E-state index in [4.69, 9.17) is 4.74 Å². The van der Waals surface area contributed by atoms with E-state index in [0.29, 0.717) is 5.92 Å². The predicted octanol–water partition coefficient (Wildman–Crippen LogP) is 2.96. The Hall–Kier alpha value is -1.06. The Balaban J connectivity index is 2.09. The van der Waals surface area contributed by atoms with Crippen LogP contribution in [0.25, 0.3) is 0 Å². The van der Waals surface area contributed by atoms with Crippen LogP contribution < -0.4 is 10.1 Å². The van der Waals surface area contributed by atoms with E-state index < -0.39 is 0 Å². The van der Waals surface area contributed by atoms with Crippen LogP contribution in [-0.4, -0.2) is 44.2 Å². The minimum atomic E-state index is 0.505. The Labute approximate surface area is 129 Å². The predicted molar refractivity (Wildman–Crippen MR) is 89.5 cm³/mol. The molecule has 1 fully saturated rings. The van der Waals surface area contributed by atoms with E-state index in [0.717, 1.165) is 38.4 Å². The highest BCUT2D eigenvalue weighted by Gasteiger charge is 2.14. The van der Waals surface area contributed by atoms with E-state index in [-0.39, 0.29) is 0 Å². The molecule has 1 heterocycles. The van der Waals surface area contributed by atoms with Gasteiger partial charge in [-0.15, -0.1) is 0 Å². The van der Waals surface area contributed by atoms with E-state index in [1.54, 1.807) is 0 Å². The summed E-state index contributed by atoms with van der Waals surface area (Å²) in [5.41, 5.74) is 4.18. The summed E-state index contributed by atoms with van der Waals surface area (Å²) in [7, 11) is 0. The quantitative estimate of drug-likeness (QED) is 0.872. The summed E-state index contributed by atoms with van der Waals surface area (Å²) in [4.78, 5) is 2.56. The summed E-state index contributed by atoms with van der Waals surface area (Å²) in [5, 5.41) is 3.41. The zero-order valence-corrected chi connectivity index (χ0v) is 14.0. The van der Waals surface area contributed by atoms with Crippen molar-refractivity contribution in [3.63, 3.8) is 0 Å². The highest BCUT2D eigenvalue weighted by Crippen LogP contribution is 2.30. The molecule has 118 valence electrons.